The number of anilines is 1. The number of aliphatic hydroxyl groups is 1. The Morgan fingerprint density at radius 3 is 2.75 bits per heavy atom. The van der Waals surface area contributed by atoms with E-state index < -0.39 is 29.3 Å². The zero-order chi connectivity index (χ0) is 14.7. The topological polar surface area (TPSA) is 58.6 Å². The summed E-state index contributed by atoms with van der Waals surface area (Å²) >= 11 is 0. The molecule has 0 spiro atoms. The normalized spacial score (nSPS) is 21.8. The SMILES string of the molecule is COC(=O)c1ccc(NCC2CCCC2O)c(F)c1F. The fourth-order valence-corrected chi connectivity index (χ4v) is 2.45. The highest BCUT2D eigenvalue weighted by molar-refractivity contribution is 5.90. The molecule has 0 amide bonds. The van der Waals surface area contributed by atoms with Crippen LogP contribution < -0.4 is 5.32 Å². The summed E-state index contributed by atoms with van der Waals surface area (Å²) in [5, 5.41) is 12.5. The monoisotopic (exact) mass is 285 g/mol. The summed E-state index contributed by atoms with van der Waals surface area (Å²) < 4.78 is 31.9. The molecule has 0 heterocycles. The Hall–Kier alpha value is -1.69. The van der Waals surface area contributed by atoms with E-state index in [0.717, 1.165) is 26.4 Å². The second-order valence-corrected chi connectivity index (χ2v) is 4.92. The van der Waals surface area contributed by atoms with Crippen molar-refractivity contribution >= 4 is 11.7 Å². The van der Waals surface area contributed by atoms with Crippen LogP contribution in [0.15, 0.2) is 12.1 Å². The third-order valence-electron chi connectivity index (χ3n) is 3.66. The average molecular weight is 285 g/mol. The molecule has 2 N–H and O–H groups in total. The van der Waals surface area contributed by atoms with Gasteiger partial charge in [0.15, 0.2) is 11.6 Å². The number of nitrogens with one attached hydrogen (secondary N) is 1. The van der Waals surface area contributed by atoms with Gasteiger partial charge in [-0.1, -0.05) is 6.42 Å². The molecule has 1 aliphatic rings. The molecule has 1 aromatic rings. The van der Waals surface area contributed by atoms with Gasteiger partial charge >= 0.3 is 5.97 Å². The highest BCUT2D eigenvalue weighted by Gasteiger charge is 2.25. The van der Waals surface area contributed by atoms with Gasteiger partial charge in [0.25, 0.3) is 0 Å². The number of hydrogen-bond donors (Lipinski definition) is 2. The van der Waals surface area contributed by atoms with E-state index in [-0.39, 0.29) is 11.6 Å². The number of benzene rings is 1. The lowest BCUT2D eigenvalue weighted by atomic mass is 10.1. The molecule has 6 heteroatoms. The summed E-state index contributed by atoms with van der Waals surface area (Å²) in [5.74, 6) is -3.22. The van der Waals surface area contributed by atoms with Crippen LogP contribution in [0, 0.1) is 17.6 Å². The van der Waals surface area contributed by atoms with E-state index >= 15 is 0 Å². The second-order valence-electron chi connectivity index (χ2n) is 4.92. The number of ether oxygens (including phenoxy) is 1. The van der Waals surface area contributed by atoms with E-state index in [1.54, 1.807) is 0 Å². The molecule has 0 aromatic heterocycles. The lowest BCUT2D eigenvalue weighted by Crippen LogP contribution is -2.22. The standard InChI is InChI=1S/C14H17F2NO3/c1-20-14(19)9-5-6-10(13(16)12(9)15)17-7-8-3-2-4-11(8)18/h5-6,8,11,17-18H,2-4,7H2,1H3. The molecule has 110 valence electrons. The molecule has 2 rings (SSSR count). The lowest BCUT2D eigenvalue weighted by Gasteiger charge is -2.16. The average Bonchev–Trinajstić information content (AvgIpc) is 2.85. The van der Waals surface area contributed by atoms with E-state index in [4.69, 9.17) is 0 Å². The van der Waals surface area contributed by atoms with E-state index in [1.165, 1.54) is 12.1 Å². The van der Waals surface area contributed by atoms with Crippen molar-refractivity contribution in [3.63, 3.8) is 0 Å². The molecule has 2 atom stereocenters. The van der Waals surface area contributed by atoms with Crippen LogP contribution in [0.1, 0.15) is 29.6 Å². The summed E-state index contributed by atoms with van der Waals surface area (Å²) in [7, 11) is 1.10. The maximum atomic E-state index is 13.8. The van der Waals surface area contributed by atoms with Gasteiger partial charge in [-0.15, -0.1) is 0 Å². The molecule has 0 radical (unpaired) electrons. The number of hydrogen-bond acceptors (Lipinski definition) is 4. The van der Waals surface area contributed by atoms with Crippen LogP contribution in [0.25, 0.3) is 0 Å². The number of carbonyl (C=O) groups is 1. The van der Waals surface area contributed by atoms with Crippen molar-refractivity contribution in [2.45, 2.75) is 25.4 Å². The van der Waals surface area contributed by atoms with Crippen LogP contribution in [0.4, 0.5) is 14.5 Å². The van der Waals surface area contributed by atoms with Crippen molar-refractivity contribution < 1.29 is 23.4 Å². The van der Waals surface area contributed by atoms with Gasteiger partial charge in [-0.25, -0.2) is 13.6 Å². The van der Waals surface area contributed by atoms with Crippen molar-refractivity contribution in [2.75, 3.05) is 19.0 Å². The number of esters is 1. The van der Waals surface area contributed by atoms with Crippen molar-refractivity contribution in [1.82, 2.24) is 0 Å². The predicted molar refractivity (Wildman–Crippen MR) is 69.5 cm³/mol. The third-order valence-corrected chi connectivity index (χ3v) is 3.66. The highest BCUT2D eigenvalue weighted by Crippen LogP contribution is 2.27. The molecule has 1 aromatic carbocycles. The molecule has 1 aliphatic carbocycles. The van der Waals surface area contributed by atoms with Crippen LogP contribution in [0.5, 0.6) is 0 Å². The van der Waals surface area contributed by atoms with Crippen molar-refractivity contribution in [3.05, 3.63) is 29.3 Å². The van der Waals surface area contributed by atoms with Gasteiger partial charge in [0.1, 0.15) is 0 Å². The molecular weight excluding hydrogens is 268 g/mol. The quantitative estimate of drug-likeness (QED) is 0.834. The summed E-state index contributed by atoms with van der Waals surface area (Å²) in [6.45, 7) is 0.370. The van der Waals surface area contributed by atoms with Crippen LogP contribution in [0.2, 0.25) is 0 Å². The van der Waals surface area contributed by atoms with Crippen LogP contribution >= 0.6 is 0 Å². The zero-order valence-electron chi connectivity index (χ0n) is 11.2. The van der Waals surface area contributed by atoms with Gasteiger partial charge in [-0.2, -0.15) is 0 Å². The Labute approximate surface area is 115 Å². The first kappa shape index (κ1) is 14.7. The molecule has 2 unspecified atom stereocenters. The number of aliphatic hydroxyl groups excluding tert-OH is 1. The molecule has 0 saturated heterocycles. The van der Waals surface area contributed by atoms with Crippen molar-refractivity contribution in [3.8, 4) is 0 Å². The second kappa shape index (κ2) is 6.17. The zero-order valence-corrected chi connectivity index (χ0v) is 11.2. The Bertz CT molecular complexity index is 507. The molecular formula is C14H17F2NO3. The Kier molecular flexibility index (Phi) is 4.54. The van der Waals surface area contributed by atoms with E-state index in [9.17, 15) is 18.7 Å². The smallest absolute Gasteiger partial charge is 0.340 e. The van der Waals surface area contributed by atoms with E-state index in [1.807, 2.05) is 0 Å². The summed E-state index contributed by atoms with van der Waals surface area (Å²) in [5.41, 5.74) is -0.453. The van der Waals surface area contributed by atoms with Gasteiger partial charge in [0, 0.05) is 12.5 Å². The predicted octanol–water partition coefficient (Wildman–Crippen LogP) is 2.32. The molecule has 1 saturated carbocycles. The van der Waals surface area contributed by atoms with Crippen LogP contribution in [-0.2, 0) is 4.74 Å². The summed E-state index contributed by atoms with van der Waals surface area (Å²) in [4.78, 5) is 11.2. The van der Waals surface area contributed by atoms with Gasteiger partial charge in [0.05, 0.1) is 24.5 Å². The van der Waals surface area contributed by atoms with E-state index in [2.05, 4.69) is 10.1 Å². The molecule has 0 bridgehead atoms. The molecule has 0 aliphatic heterocycles. The van der Waals surface area contributed by atoms with Crippen LogP contribution in [0.3, 0.4) is 0 Å². The molecule has 4 nitrogen and oxygen atoms in total. The minimum atomic E-state index is -1.23. The minimum Gasteiger partial charge on any atom is -0.465 e. The van der Waals surface area contributed by atoms with E-state index in [0.29, 0.717) is 6.54 Å². The van der Waals surface area contributed by atoms with Gasteiger partial charge in [0.2, 0.25) is 0 Å². The van der Waals surface area contributed by atoms with Gasteiger partial charge in [-0.05, 0) is 25.0 Å². The van der Waals surface area contributed by atoms with Crippen molar-refractivity contribution in [2.24, 2.45) is 5.92 Å². The first-order chi connectivity index (χ1) is 9.54. The fraction of sp³-hybridized carbons (Fsp3) is 0.500. The first-order valence-corrected chi connectivity index (χ1v) is 6.52. The maximum absolute atomic E-state index is 13.8. The largest absolute Gasteiger partial charge is 0.465 e. The number of methoxy groups -OCH3 is 1. The Morgan fingerprint density at radius 1 is 1.40 bits per heavy atom. The summed E-state index contributed by atoms with van der Waals surface area (Å²) in [6, 6.07) is 2.48. The Balaban J connectivity index is 2.09. The minimum absolute atomic E-state index is 0.0192. The molecule has 1 fully saturated rings. The highest BCUT2D eigenvalue weighted by atomic mass is 19.2. The number of carbonyl (C=O) groups excluding carboxylic acids is 1. The first-order valence-electron chi connectivity index (χ1n) is 6.52. The summed E-state index contributed by atoms with van der Waals surface area (Å²) in [6.07, 6.45) is 2.14. The lowest BCUT2D eigenvalue weighted by molar-refractivity contribution is 0.0594. The van der Waals surface area contributed by atoms with Gasteiger partial charge in [-0.3, -0.25) is 0 Å². The van der Waals surface area contributed by atoms with Crippen molar-refractivity contribution in [1.29, 1.82) is 0 Å². The third kappa shape index (κ3) is 2.90. The number of halogens is 2. The molecule has 20 heavy (non-hydrogen) atoms. The van der Waals surface area contributed by atoms with Crippen LogP contribution in [-0.4, -0.2) is 30.8 Å². The number of rotatable bonds is 4. The maximum Gasteiger partial charge on any atom is 0.340 e. The van der Waals surface area contributed by atoms with Gasteiger partial charge < -0.3 is 15.2 Å². The Morgan fingerprint density at radius 2 is 2.15 bits per heavy atom. The fourth-order valence-electron chi connectivity index (χ4n) is 2.45.